The van der Waals surface area contributed by atoms with Gasteiger partial charge in [-0.3, -0.25) is 0 Å². The lowest BCUT2D eigenvalue weighted by Gasteiger charge is -2.23. The highest BCUT2D eigenvalue weighted by Gasteiger charge is 2.22. The Hall–Kier alpha value is -1.71. The number of hydrogen-bond acceptors (Lipinski definition) is 4. The van der Waals surface area contributed by atoms with E-state index in [1.165, 1.54) is 6.07 Å². The fraction of sp³-hybridized carbons (Fsp3) is 0.417. The van der Waals surface area contributed by atoms with Crippen molar-refractivity contribution in [3.63, 3.8) is 0 Å². The highest BCUT2D eigenvalue weighted by Crippen LogP contribution is 2.37. The number of benzene rings is 1. The first-order valence-corrected chi connectivity index (χ1v) is 5.42. The molecule has 2 rings (SSSR count). The van der Waals surface area contributed by atoms with Crippen LogP contribution in [0.1, 0.15) is 37.2 Å². The normalized spacial score (nSPS) is 23.5. The van der Waals surface area contributed by atoms with Gasteiger partial charge in [-0.15, -0.1) is 0 Å². The van der Waals surface area contributed by atoms with Crippen LogP contribution in [0.5, 0.6) is 11.5 Å². The van der Waals surface area contributed by atoms with Crippen molar-refractivity contribution in [1.29, 1.82) is 0 Å². The average Bonchev–Trinajstić information content (AvgIpc) is 2.29. The number of rotatable bonds is 1. The van der Waals surface area contributed by atoms with Crippen LogP contribution in [0.4, 0.5) is 0 Å². The maximum Gasteiger partial charge on any atom is 0.122 e. The van der Waals surface area contributed by atoms with Gasteiger partial charge in [-0.2, -0.15) is 0 Å². The molecule has 1 aliphatic carbocycles. The largest absolute Gasteiger partial charge is 0.508 e. The molecule has 1 aromatic carbocycles. The van der Waals surface area contributed by atoms with Gasteiger partial charge in [0.25, 0.3) is 0 Å². The molecule has 86 valence electrons. The van der Waals surface area contributed by atoms with Crippen molar-refractivity contribution in [2.45, 2.75) is 31.6 Å². The van der Waals surface area contributed by atoms with E-state index in [1.807, 2.05) is 0 Å². The number of aromatic hydroxyl groups is 2. The van der Waals surface area contributed by atoms with Gasteiger partial charge in [0.05, 0.1) is 5.71 Å². The summed E-state index contributed by atoms with van der Waals surface area (Å²) < 4.78 is 0. The molecule has 1 aliphatic rings. The topological polar surface area (TPSA) is 73.1 Å². The molecule has 0 saturated heterocycles. The predicted molar refractivity (Wildman–Crippen MR) is 60.2 cm³/mol. The Labute approximate surface area is 93.8 Å². The number of phenolic OH excluding ortho intramolecular Hbond substituents is 2. The van der Waals surface area contributed by atoms with Gasteiger partial charge in [0, 0.05) is 6.07 Å². The lowest BCUT2D eigenvalue weighted by Crippen LogP contribution is -2.13. The van der Waals surface area contributed by atoms with Crippen molar-refractivity contribution in [3.05, 3.63) is 23.8 Å². The minimum atomic E-state index is 0.0631. The third-order valence-corrected chi connectivity index (χ3v) is 3.10. The molecule has 3 N–H and O–H groups in total. The molecular weight excluding hydrogens is 206 g/mol. The number of nitrogens with zero attached hydrogens (tertiary/aromatic N) is 1. The number of oxime groups is 1. The maximum absolute atomic E-state index is 9.74. The van der Waals surface area contributed by atoms with Crippen LogP contribution in [-0.4, -0.2) is 21.1 Å². The van der Waals surface area contributed by atoms with Crippen molar-refractivity contribution in [2.24, 2.45) is 5.16 Å². The zero-order chi connectivity index (χ0) is 11.5. The molecule has 1 saturated carbocycles. The number of phenols is 2. The van der Waals surface area contributed by atoms with Gasteiger partial charge in [0.2, 0.25) is 0 Å². The Morgan fingerprint density at radius 2 is 2.06 bits per heavy atom. The highest BCUT2D eigenvalue weighted by molar-refractivity contribution is 5.85. The van der Waals surface area contributed by atoms with E-state index in [1.54, 1.807) is 12.1 Å². The average molecular weight is 221 g/mol. The molecule has 16 heavy (non-hydrogen) atoms. The van der Waals surface area contributed by atoms with E-state index < -0.39 is 0 Å². The fourth-order valence-electron chi connectivity index (χ4n) is 2.27. The van der Waals surface area contributed by atoms with Gasteiger partial charge in [0.15, 0.2) is 0 Å². The molecule has 0 amide bonds. The summed E-state index contributed by atoms with van der Waals surface area (Å²) in [5.41, 5.74) is 1.60. The van der Waals surface area contributed by atoms with Gasteiger partial charge >= 0.3 is 0 Å². The Kier molecular flexibility index (Phi) is 2.99. The standard InChI is InChI=1S/C12H15NO3/c14-10-4-5-11(12(15)7-10)8-2-1-3-9(6-8)13-16/h4-5,7-8,14-16H,1-3,6H2. The molecule has 0 bridgehead atoms. The van der Waals surface area contributed by atoms with Crippen molar-refractivity contribution in [1.82, 2.24) is 0 Å². The molecular formula is C12H15NO3. The highest BCUT2D eigenvalue weighted by atomic mass is 16.4. The van der Waals surface area contributed by atoms with Crippen LogP contribution in [0.15, 0.2) is 23.4 Å². The van der Waals surface area contributed by atoms with E-state index in [0.29, 0.717) is 6.42 Å². The van der Waals surface area contributed by atoms with E-state index in [-0.39, 0.29) is 17.4 Å². The van der Waals surface area contributed by atoms with E-state index >= 15 is 0 Å². The summed E-state index contributed by atoms with van der Waals surface area (Å²) in [6, 6.07) is 4.65. The molecule has 1 aromatic rings. The summed E-state index contributed by atoms with van der Waals surface area (Å²) in [7, 11) is 0. The first kappa shape index (κ1) is 10.8. The minimum Gasteiger partial charge on any atom is -0.508 e. The van der Waals surface area contributed by atoms with Crippen LogP contribution in [-0.2, 0) is 0 Å². The molecule has 4 nitrogen and oxygen atoms in total. The monoisotopic (exact) mass is 221 g/mol. The van der Waals surface area contributed by atoms with Crippen LogP contribution < -0.4 is 0 Å². The fourth-order valence-corrected chi connectivity index (χ4v) is 2.27. The van der Waals surface area contributed by atoms with Crippen LogP contribution in [0.2, 0.25) is 0 Å². The van der Waals surface area contributed by atoms with Gasteiger partial charge < -0.3 is 15.4 Å². The summed E-state index contributed by atoms with van der Waals surface area (Å²) in [5, 5.41) is 31.0. The SMILES string of the molecule is ON=C1CCCC(c2ccc(O)cc2O)C1. The third kappa shape index (κ3) is 2.10. The zero-order valence-corrected chi connectivity index (χ0v) is 8.93. The van der Waals surface area contributed by atoms with Crippen LogP contribution in [0.3, 0.4) is 0 Å². The Morgan fingerprint density at radius 3 is 2.75 bits per heavy atom. The van der Waals surface area contributed by atoms with Gasteiger partial charge in [-0.25, -0.2) is 0 Å². The van der Waals surface area contributed by atoms with Gasteiger partial charge in [-0.1, -0.05) is 11.2 Å². The molecule has 0 aromatic heterocycles. The van der Waals surface area contributed by atoms with Gasteiger partial charge in [0.1, 0.15) is 11.5 Å². The molecule has 1 unspecified atom stereocenters. The lowest BCUT2D eigenvalue weighted by molar-refractivity contribution is 0.313. The Bertz CT molecular complexity index is 415. The summed E-state index contributed by atoms with van der Waals surface area (Å²) in [6.45, 7) is 0. The van der Waals surface area contributed by atoms with Crippen molar-refractivity contribution in [2.75, 3.05) is 0 Å². The van der Waals surface area contributed by atoms with Crippen LogP contribution in [0, 0.1) is 0 Å². The van der Waals surface area contributed by atoms with E-state index in [9.17, 15) is 10.2 Å². The molecule has 0 spiro atoms. The molecule has 1 fully saturated rings. The smallest absolute Gasteiger partial charge is 0.122 e. The van der Waals surface area contributed by atoms with Crippen LogP contribution in [0.25, 0.3) is 0 Å². The first-order valence-electron chi connectivity index (χ1n) is 5.42. The maximum atomic E-state index is 9.74. The van der Waals surface area contributed by atoms with Crippen molar-refractivity contribution in [3.8, 4) is 11.5 Å². The summed E-state index contributed by atoms with van der Waals surface area (Å²) >= 11 is 0. The zero-order valence-electron chi connectivity index (χ0n) is 8.93. The predicted octanol–water partition coefficient (Wildman–Crippen LogP) is 2.59. The summed E-state index contributed by atoms with van der Waals surface area (Å²) in [4.78, 5) is 0. The molecule has 1 atom stereocenters. The first-order chi connectivity index (χ1) is 7.70. The Morgan fingerprint density at radius 1 is 1.25 bits per heavy atom. The van der Waals surface area contributed by atoms with Crippen LogP contribution >= 0.6 is 0 Å². The molecule has 4 heteroatoms. The second-order valence-electron chi connectivity index (χ2n) is 4.20. The van der Waals surface area contributed by atoms with E-state index in [2.05, 4.69) is 5.16 Å². The molecule has 0 heterocycles. The molecule has 0 aliphatic heterocycles. The number of hydrogen-bond donors (Lipinski definition) is 3. The lowest BCUT2D eigenvalue weighted by atomic mass is 9.82. The Balaban J connectivity index is 2.23. The minimum absolute atomic E-state index is 0.0631. The third-order valence-electron chi connectivity index (χ3n) is 3.10. The second-order valence-corrected chi connectivity index (χ2v) is 4.20. The van der Waals surface area contributed by atoms with E-state index in [0.717, 1.165) is 30.5 Å². The molecule has 0 radical (unpaired) electrons. The second kappa shape index (κ2) is 4.43. The van der Waals surface area contributed by atoms with Gasteiger partial charge in [-0.05, 0) is 43.2 Å². The van der Waals surface area contributed by atoms with Crippen molar-refractivity contribution >= 4 is 5.71 Å². The quantitative estimate of drug-likeness (QED) is 0.504. The van der Waals surface area contributed by atoms with E-state index in [4.69, 9.17) is 5.21 Å². The van der Waals surface area contributed by atoms with Crippen molar-refractivity contribution < 1.29 is 15.4 Å². The summed E-state index contributed by atoms with van der Waals surface area (Å²) in [5.74, 6) is 0.359. The summed E-state index contributed by atoms with van der Waals surface area (Å²) in [6.07, 6.45) is 3.43.